The number of carbonyl (C=O) groups is 1. The molecular formula is C20H25N3O2. The molecule has 1 aliphatic carbocycles. The minimum Gasteiger partial charge on any atom is -0.490 e. The lowest BCUT2D eigenvalue weighted by Gasteiger charge is -2.28. The number of fused-ring (bicyclic) bond motifs is 1. The number of benzene rings is 1. The van der Waals surface area contributed by atoms with Crippen molar-refractivity contribution in [3.8, 4) is 5.75 Å². The van der Waals surface area contributed by atoms with E-state index >= 15 is 0 Å². The molecule has 0 radical (unpaired) electrons. The van der Waals surface area contributed by atoms with Crippen molar-refractivity contribution in [2.24, 2.45) is 0 Å². The van der Waals surface area contributed by atoms with Gasteiger partial charge in [0.2, 0.25) is 5.91 Å². The van der Waals surface area contributed by atoms with Crippen LogP contribution in [0, 0.1) is 0 Å². The van der Waals surface area contributed by atoms with Gasteiger partial charge in [0.25, 0.3) is 0 Å². The van der Waals surface area contributed by atoms with E-state index in [0.29, 0.717) is 18.6 Å². The highest BCUT2D eigenvalue weighted by atomic mass is 16.5. The van der Waals surface area contributed by atoms with Crippen molar-refractivity contribution >= 4 is 11.6 Å². The average Bonchev–Trinajstić information content (AvgIpc) is 3.25. The Bertz CT molecular complexity index is 775. The van der Waals surface area contributed by atoms with E-state index in [-0.39, 0.29) is 11.8 Å². The minimum atomic E-state index is 0.0363. The maximum atomic E-state index is 12.3. The van der Waals surface area contributed by atoms with Crippen LogP contribution in [-0.2, 0) is 4.79 Å². The molecule has 2 aliphatic rings. The third kappa shape index (κ3) is 3.15. The van der Waals surface area contributed by atoms with E-state index < -0.39 is 0 Å². The van der Waals surface area contributed by atoms with Crippen molar-refractivity contribution in [3.05, 3.63) is 42.0 Å². The van der Waals surface area contributed by atoms with E-state index in [0.717, 1.165) is 35.5 Å². The van der Waals surface area contributed by atoms with Gasteiger partial charge in [0.1, 0.15) is 5.75 Å². The van der Waals surface area contributed by atoms with E-state index in [1.165, 1.54) is 12.8 Å². The first-order valence-electron chi connectivity index (χ1n) is 9.24. The van der Waals surface area contributed by atoms with Crippen LogP contribution in [0.25, 0.3) is 0 Å². The number of rotatable bonds is 4. The minimum absolute atomic E-state index is 0.0363. The number of anilines is 1. The summed E-state index contributed by atoms with van der Waals surface area (Å²) < 4.78 is 8.24. The number of amides is 1. The lowest BCUT2D eigenvalue weighted by molar-refractivity contribution is -0.116. The highest BCUT2D eigenvalue weighted by molar-refractivity contribution is 5.95. The highest BCUT2D eigenvalue weighted by Gasteiger charge is 2.29. The molecule has 5 nitrogen and oxygen atoms in total. The van der Waals surface area contributed by atoms with Crippen LogP contribution in [0.4, 0.5) is 5.69 Å². The summed E-state index contributed by atoms with van der Waals surface area (Å²) >= 11 is 0. The van der Waals surface area contributed by atoms with Crippen molar-refractivity contribution in [3.63, 3.8) is 0 Å². The molecule has 5 heteroatoms. The summed E-state index contributed by atoms with van der Waals surface area (Å²) in [6.45, 7) is 4.26. The van der Waals surface area contributed by atoms with Gasteiger partial charge in [-0.2, -0.15) is 0 Å². The Balaban J connectivity index is 1.66. The van der Waals surface area contributed by atoms with E-state index in [1.807, 2.05) is 24.7 Å². The molecule has 25 heavy (non-hydrogen) atoms. The SMILES string of the molecule is CC(C)n1cncc1C1CC(=O)Nc2cc(OC3CCCC3)ccc21. The number of hydrogen-bond acceptors (Lipinski definition) is 3. The monoisotopic (exact) mass is 339 g/mol. The molecule has 0 saturated heterocycles. The van der Waals surface area contributed by atoms with Crippen LogP contribution in [0.15, 0.2) is 30.7 Å². The van der Waals surface area contributed by atoms with Crippen molar-refractivity contribution in [2.75, 3.05) is 5.32 Å². The predicted octanol–water partition coefficient (Wildman–Crippen LogP) is 4.26. The molecule has 4 rings (SSSR count). The second-order valence-corrected chi connectivity index (χ2v) is 7.40. The summed E-state index contributed by atoms with van der Waals surface area (Å²) in [5, 5.41) is 3.02. The number of ether oxygens (including phenoxy) is 1. The summed E-state index contributed by atoms with van der Waals surface area (Å²) in [6.07, 6.45) is 9.24. The average molecular weight is 339 g/mol. The van der Waals surface area contributed by atoms with Gasteiger partial charge in [-0.3, -0.25) is 4.79 Å². The first kappa shape index (κ1) is 16.2. The van der Waals surface area contributed by atoms with Crippen molar-refractivity contribution in [1.82, 2.24) is 9.55 Å². The molecule has 0 bridgehead atoms. The summed E-state index contributed by atoms with van der Waals surface area (Å²) in [7, 11) is 0. The van der Waals surface area contributed by atoms with Crippen molar-refractivity contribution in [1.29, 1.82) is 0 Å². The number of nitrogens with zero attached hydrogens (tertiary/aromatic N) is 2. The van der Waals surface area contributed by atoms with Gasteiger partial charge in [0, 0.05) is 42.0 Å². The van der Waals surface area contributed by atoms with Gasteiger partial charge in [0.05, 0.1) is 12.4 Å². The van der Waals surface area contributed by atoms with E-state index in [9.17, 15) is 4.79 Å². The molecule has 1 unspecified atom stereocenters. The third-order valence-corrected chi connectivity index (χ3v) is 5.28. The van der Waals surface area contributed by atoms with Crippen LogP contribution in [0.1, 0.15) is 69.2 Å². The van der Waals surface area contributed by atoms with Gasteiger partial charge in [0.15, 0.2) is 0 Å². The normalized spacial score (nSPS) is 20.6. The van der Waals surface area contributed by atoms with Crippen LogP contribution >= 0.6 is 0 Å². The first-order valence-corrected chi connectivity index (χ1v) is 9.24. The van der Waals surface area contributed by atoms with Crippen LogP contribution in [0.3, 0.4) is 0 Å². The zero-order valence-electron chi connectivity index (χ0n) is 14.9. The van der Waals surface area contributed by atoms with Gasteiger partial charge in [-0.15, -0.1) is 0 Å². The molecule has 0 spiro atoms. The summed E-state index contributed by atoms with van der Waals surface area (Å²) in [6, 6.07) is 6.43. The molecule has 1 aromatic carbocycles. The van der Waals surface area contributed by atoms with Crippen LogP contribution in [0.5, 0.6) is 5.75 Å². The Kier molecular flexibility index (Phi) is 4.24. The van der Waals surface area contributed by atoms with Crippen molar-refractivity contribution in [2.45, 2.75) is 64.0 Å². The van der Waals surface area contributed by atoms with Crippen molar-refractivity contribution < 1.29 is 9.53 Å². The van der Waals surface area contributed by atoms with E-state index in [1.54, 1.807) is 0 Å². The van der Waals surface area contributed by atoms with E-state index in [4.69, 9.17) is 4.74 Å². The predicted molar refractivity (Wildman–Crippen MR) is 97.0 cm³/mol. The Morgan fingerprint density at radius 1 is 1.28 bits per heavy atom. The summed E-state index contributed by atoms with van der Waals surface area (Å²) in [5.41, 5.74) is 3.10. The standard InChI is InChI=1S/C20H25N3O2/c1-13(2)23-12-21-11-19(23)17-10-20(24)22-18-9-15(7-8-16(17)18)25-14-5-3-4-6-14/h7-9,11-14,17H,3-6,10H2,1-2H3,(H,22,24). The smallest absolute Gasteiger partial charge is 0.225 e. The fourth-order valence-corrected chi connectivity index (χ4v) is 4.00. The van der Waals surface area contributed by atoms with E-state index in [2.05, 4.69) is 34.8 Å². The second kappa shape index (κ2) is 6.54. The zero-order valence-corrected chi connectivity index (χ0v) is 14.9. The first-order chi connectivity index (χ1) is 12.1. The zero-order chi connectivity index (χ0) is 17.4. The quantitative estimate of drug-likeness (QED) is 0.905. The maximum Gasteiger partial charge on any atom is 0.225 e. The molecule has 2 heterocycles. The molecule has 132 valence electrons. The molecule has 1 amide bonds. The second-order valence-electron chi connectivity index (χ2n) is 7.40. The van der Waals surface area contributed by atoms with Gasteiger partial charge in [-0.25, -0.2) is 4.98 Å². The molecular weight excluding hydrogens is 314 g/mol. The fourth-order valence-electron chi connectivity index (χ4n) is 4.00. The largest absolute Gasteiger partial charge is 0.490 e. The number of imidazole rings is 1. The third-order valence-electron chi connectivity index (χ3n) is 5.28. The Morgan fingerprint density at radius 3 is 2.84 bits per heavy atom. The Hall–Kier alpha value is -2.30. The number of carbonyl (C=O) groups excluding carboxylic acids is 1. The van der Waals surface area contributed by atoms with Crippen LogP contribution in [0.2, 0.25) is 0 Å². The molecule has 1 atom stereocenters. The van der Waals surface area contributed by atoms with Crippen LogP contribution < -0.4 is 10.1 Å². The summed E-state index contributed by atoms with van der Waals surface area (Å²) in [4.78, 5) is 16.6. The Labute approximate surface area is 148 Å². The molecule has 1 aliphatic heterocycles. The number of nitrogens with one attached hydrogen (secondary N) is 1. The Morgan fingerprint density at radius 2 is 2.08 bits per heavy atom. The highest BCUT2D eigenvalue weighted by Crippen LogP contribution is 2.39. The molecule has 1 fully saturated rings. The number of hydrogen-bond donors (Lipinski definition) is 1. The lowest BCUT2D eigenvalue weighted by atomic mass is 9.88. The molecule has 1 aromatic heterocycles. The molecule has 1 N–H and O–H groups in total. The molecule has 2 aromatic rings. The maximum absolute atomic E-state index is 12.3. The van der Waals surface area contributed by atoms with Gasteiger partial charge >= 0.3 is 0 Å². The van der Waals surface area contributed by atoms with Gasteiger partial charge in [-0.05, 0) is 51.2 Å². The fraction of sp³-hybridized carbons (Fsp3) is 0.500. The lowest BCUT2D eigenvalue weighted by Crippen LogP contribution is -2.25. The topological polar surface area (TPSA) is 56.2 Å². The van der Waals surface area contributed by atoms with Crippen LogP contribution in [-0.4, -0.2) is 21.6 Å². The number of aromatic nitrogens is 2. The summed E-state index contributed by atoms with van der Waals surface area (Å²) in [5.74, 6) is 0.935. The van der Waals surface area contributed by atoms with Gasteiger partial charge in [-0.1, -0.05) is 6.07 Å². The van der Waals surface area contributed by atoms with Gasteiger partial charge < -0.3 is 14.6 Å². The molecule has 1 saturated carbocycles.